The molecule has 0 amide bonds. The van der Waals surface area contributed by atoms with Gasteiger partial charge in [-0.25, -0.2) is 4.21 Å². The fraction of sp³-hybridized carbons (Fsp3) is 0.0769. The van der Waals surface area contributed by atoms with Crippen LogP contribution in [0.25, 0.3) is 0 Å². The van der Waals surface area contributed by atoms with E-state index in [1.54, 1.807) is 36.6 Å². The lowest BCUT2D eigenvalue weighted by Crippen LogP contribution is -1.96. The summed E-state index contributed by atoms with van der Waals surface area (Å²) in [5, 5.41) is 0.953. The molecule has 5 heteroatoms. The van der Waals surface area contributed by atoms with Crippen LogP contribution in [0, 0.1) is 0 Å². The summed E-state index contributed by atoms with van der Waals surface area (Å²) in [7, 11) is -2.49. The van der Waals surface area contributed by atoms with Crippen molar-refractivity contribution in [1.82, 2.24) is 0 Å². The monoisotopic (exact) mass is 299 g/mol. The first-order valence-corrected chi connectivity index (χ1v) is 7.89. The minimum atomic E-state index is -2.49. The van der Waals surface area contributed by atoms with Crippen LogP contribution < -0.4 is 0 Å². The fourth-order valence-corrected chi connectivity index (χ4v) is 3.31. The first kappa shape index (κ1) is 13.4. The maximum atomic E-state index is 12.5. The van der Waals surface area contributed by atoms with Crippen LogP contribution in [0.3, 0.4) is 0 Å². The summed E-state index contributed by atoms with van der Waals surface area (Å²) < 4.78 is 16.8. The maximum absolute atomic E-state index is 12.5. The number of benzene rings is 2. The smallest absolute Gasteiger partial charge is 0.0771 e. The second-order valence-electron chi connectivity index (χ2n) is 3.83. The summed E-state index contributed by atoms with van der Waals surface area (Å²) in [6, 6.07) is 14.0. The van der Waals surface area contributed by atoms with Crippen molar-refractivity contribution >= 4 is 38.6 Å². The van der Waals surface area contributed by atoms with Crippen LogP contribution >= 0.6 is 23.2 Å². The van der Waals surface area contributed by atoms with Gasteiger partial charge >= 0.3 is 0 Å². The zero-order chi connectivity index (χ0) is 13.2. The molecule has 2 nitrogen and oxygen atoms in total. The highest BCUT2D eigenvalue weighted by molar-refractivity contribution is 7.93. The molecule has 2 rings (SSSR count). The number of nitrogens with zero attached hydrogens (tertiary/aromatic N) is 1. The molecule has 1 unspecified atom stereocenters. The number of hydrogen-bond donors (Lipinski definition) is 0. The van der Waals surface area contributed by atoms with Crippen molar-refractivity contribution in [1.29, 1.82) is 0 Å². The zero-order valence-electron chi connectivity index (χ0n) is 9.64. The van der Waals surface area contributed by atoms with Gasteiger partial charge in [0.15, 0.2) is 0 Å². The third kappa shape index (κ3) is 3.25. The lowest BCUT2D eigenvalue weighted by Gasteiger charge is -2.04. The summed E-state index contributed by atoms with van der Waals surface area (Å²) in [5.41, 5.74) is 0.517. The first-order valence-electron chi connectivity index (χ1n) is 5.21. The third-order valence-electron chi connectivity index (χ3n) is 2.31. The van der Waals surface area contributed by atoms with E-state index in [1.165, 1.54) is 0 Å². The van der Waals surface area contributed by atoms with Crippen LogP contribution in [0.1, 0.15) is 0 Å². The first-order chi connectivity index (χ1) is 8.47. The average molecular weight is 300 g/mol. The van der Waals surface area contributed by atoms with Crippen molar-refractivity contribution in [3.8, 4) is 0 Å². The van der Waals surface area contributed by atoms with Crippen molar-refractivity contribution in [3.05, 3.63) is 58.6 Å². The number of rotatable bonds is 2. The molecule has 0 aliphatic rings. The van der Waals surface area contributed by atoms with Gasteiger partial charge < -0.3 is 0 Å². The van der Waals surface area contributed by atoms with E-state index >= 15 is 0 Å². The Morgan fingerprint density at radius 1 is 1.00 bits per heavy atom. The van der Waals surface area contributed by atoms with Gasteiger partial charge in [-0.05, 0) is 30.3 Å². The van der Waals surface area contributed by atoms with E-state index in [-0.39, 0.29) is 0 Å². The molecule has 94 valence electrons. The SMILES string of the molecule is CS(=O)(=Nc1cc(Cl)cc(Cl)c1)c1ccccc1. The zero-order valence-corrected chi connectivity index (χ0v) is 12.0. The molecule has 0 aliphatic carbocycles. The summed E-state index contributed by atoms with van der Waals surface area (Å²) in [4.78, 5) is 0.682. The lowest BCUT2D eigenvalue weighted by atomic mass is 10.3. The van der Waals surface area contributed by atoms with Gasteiger partial charge in [-0.2, -0.15) is 4.36 Å². The van der Waals surface area contributed by atoms with Crippen LogP contribution in [-0.2, 0) is 9.73 Å². The molecule has 0 aromatic heterocycles. The van der Waals surface area contributed by atoms with Gasteiger partial charge in [-0.15, -0.1) is 0 Å². The van der Waals surface area contributed by atoms with Crippen LogP contribution in [0.4, 0.5) is 5.69 Å². The molecule has 0 bridgehead atoms. The minimum absolute atomic E-state index is 0.476. The second-order valence-corrected chi connectivity index (χ2v) is 6.97. The second kappa shape index (κ2) is 5.31. The highest BCUT2D eigenvalue weighted by Crippen LogP contribution is 2.27. The maximum Gasteiger partial charge on any atom is 0.0771 e. The fourth-order valence-electron chi connectivity index (χ4n) is 1.52. The number of hydrogen-bond acceptors (Lipinski definition) is 2. The summed E-state index contributed by atoms with van der Waals surface area (Å²) >= 11 is 11.8. The largest absolute Gasteiger partial charge is 0.245 e. The molecule has 0 fully saturated rings. The molecule has 0 radical (unpaired) electrons. The average Bonchev–Trinajstić information content (AvgIpc) is 2.28. The molecule has 0 saturated heterocycles. The van der Waals surface area contributed by atoms with Crippen LogP contribution in [0.5, 0.6) is 0 Å². The van der Waals surface area contributed by atoms with Gasteiger partial charge in [0.1, 0.15) is 0 Å². The van der Waals surface area contributed by atoms with Crippen molar-refractivity contribution in [2.24, 2.45) is 4.36 Å². The Labute approximate surface area is 117 Å². The molecule has 0 saturated carbocycles. The molecule has 0 spiro atoms. The standard InChI is InChI=1S/C13H11Cl2NOS/c1-18(17,13-5-3-2-4-6-13)16-12-8-10(14)7-11(15)9-12/h2-9H,1H3. The lowest BCUT2D eigenvalue weighted by molar-refractivity contribution is 0.681. The predicted octanol–water partition coefficient (Wildman–Crippen LogP) is 4.78. The highest BCUT2D eigenvalue weighted by Gasteiger charge is 2.06. The molecule has 1 atom stereocenters. The molecule has 2 aromatic rings. The Balaban J connectivity index is 2.53. The molecule has 0 N–H and O–H groups in total. The highest BCUT2D eigenvalue weighted by atomic mass is 35.5. The van der Waals surface area contributed by atoms with E-state index in [4.69, 9.17) is 23.2 Å². The van der Waals surface area contributed by atoms with Crippen molar-refractivity contribution in [2.45, 2.75) is 4.90 Å². The van der Waals surface area contributed by atoms with Gasteiger partial charge in [-0.1, -0.05) is 41.4 Å². The van der Waals surface area contributed by atoms with E-state index in [2.05, 4.69) is 4.36 Å². The van der Waals surface area contributed by atoms with E-state index in [0.29, 0.717) is 20.6 Å². The van der Waals surface area contributed by atoms with Crippen molar-refractivity contribution in [2.75, 3.05) is 6.26 Å². The molecule has 2 aromatic carbocycles. The van der Waals surface area contributed by atoms with E-state index in [0.717, 1.165) is 0 Å². The van der Waals surface area contributed by atoms with Gasteiger partial charge in [0.05, 0.1) is 15.4 Å². The normalized spacial score (nSPS) is 13.9. The summed E-state index contributed by atoms with van der Waals surface area (Å²) in [5.74, 6) is 0. The quantitative estimate of drug-likeness (QED) is 0.784. The van der Waals surface area contributed by atoms with Crippen LogP contribution in [0.15, 0.2) is 57.8 Å². The Hall–Kier alpha value is -1.03. The Morgan fingerprint density at radius 2 is 1.56 bits per heavy atom. The summed E-state index contributed by atoms with van der Waals surface area (Å²) in [6.45, 7) is 0. The predicted molar refractivity (Wildman–Crippen MR) is 77.3 cm³/mol. The molecule has 18 heavy (non-hydrogen) atoms. The van der Waals surface area contributed by atoms with Crippen molar-refractivity contribution < 1.29 is 4.21 Å². The van der Waals surface area contributed by atoms with E-state index in [9.17, 15) is 4.21 Å². The van der Waals surface area contributed by atoms with Crippen molar-refractivity contribution in [3.63, 3.8) is 0 Å². The topological polar surface area (TPSA) is 29.4 Å². The van der Waals surface area contributed by atoms with Gasteiger partial charge in [0.2, 0.25) is 0 Å². The molecular weight excluding hydrogens is 289 g/mol. The molecule has 0 aliphatic heterocycles. The Bertz CT molecular complexity index is 656. The third-order valence-corrected chi connectivity index (χ3v) is 4.45. The number of halogens is 2. The van der Waals surface area contributed by atoms with E-state index in [1.807, 2.05) is 18.2 Å². The van der Waals surface area contributed by atoms with Crippen LogP contribution in [-0.4, -0.2) is 10.5 Å². The van der Waals surface area contributed by atoms with Gasteiger partial charge in [0, 0.05) is 21.2 Å². The van der Waals surface area contributed by atoms with Gasteiger partial charge in [0.25, 0.3) is 0 Å². The molecule has 0 heterocycles. The Morgan fingerprint density at radius 3 is 2.11 bits per heavy atom. The molecular formula is C13H11Cl2NOS. The van der Waals surface area contributed by atoms with E-state index < -0.39 is 9.73 Å². The van der Waals surface area contributed by atoms with Crippen LogP contribution in [0.2, 0.25) is 10.0 Å². The minimum Gasteiger partial charge on any atom is -0.245 e. The Kier molecular flexibility index (Phi) is 3.95. The van der Waals surface area contributed by atoms with Gasteiger partial charge in [-0.3, -0.25) is 0 Å². The summed E-state index contributed by atoms with van der Waals surface area (Å²) in [6.07, 6.45) is 1.59.